The summed E-state index contributed by atoms with van der Waals surface area (Å²) < 4.78 is 5.33. The summed E-state index contributed by atoms with van der Waals surface area (Å²) in [4.78, 5) is 11.8. The van der Waals surface area contributed by atoms with E-state index in [-0.39, 0.29) is 18.3 Å². The van der Waals surface area contributed by atoms with Crippen LogP contribution in [0.4, 0.5) is 0 Å². The third-order valence-corrected chi connectivity index (χ3v) is 2.83. The molecule has 1 aromatic carbocycles. The van der Waals surface area contributed by atoms with Crippen molar-refractivity contribution in [3.8, 4) is 5.75 Å². The first-order chi connectivity index (χ1) is 8.51. The first-order valence-electron chi connectivity index (χ1n) is 6.10. The van der Waals surface area contributed by atoms with Crippen LogP contribution in [0.3, 0.4) is 0 Å². The van der Waals surface area contributed by atoms with E-state index in [0.717, 1.165) is 11.3 Å². The van der Waals surface area contributed by atoms with E-state index >= 15 is 0 Å². The Kier molecular flexibility index (Phi) is 7.49. The van der Waals surface area contributed by atoms with Crippen LogP contribution in [0.2, 0.25) is 0 Å². The van der Waals surface area contributed by atoms with Crippen molar-refractivity contribution >= 4 is 18.3 Å². The van der Waals surface area contributed by atoms with E-state index < -0.39 is 5.54 Å². The summed E-state index contributed by atoms with van der Waals surface area (Å²) >= 11 is 0. The minimum absolute atomic E-state index is 0. The summed E-state index contributed by atoms with van der Waals surface area (Å²) in [5.74, 6) is 0.816. The van der Waals surface area contributed by atoms with E-state index in [1.807, 2.05) is 45.2 Å². The van der Waals surface area contributed by atoms with Crippen LogP contribution in [-0.4, -0.2) is 26.6 Å². The van der Waals surface area contributed by atoms with Crippen LogP contribution in [0, 0.1) is 0 Å². The standard InChI is InChI=1S/C14H22N2O2.ClH/c1-14(2,16-13(17)9-10-15-3)11-7-5-6-8-12(11)18-4;/h5-8,15H,9-10H2,1-4H3,(H,16,17);1H. The fourth-order valence-electron chi connectivity index (χ4n) is 1.88. The van der Waals surface area contributed by atoms with Gasteiger partial charge in [0.1, 0.15) is 5.75 Å². The second kappa shape index (κ2) is 8.02. The van der Waals surface area contributed by atoms with Gasteiger partial charge in [0.05, 0.1) is 12.6 Å². The van der Waals surface area contributed by atoms with Crippen molar-refractivity contribution in [2.24, 2.45) is 0 Å². The molecule has 0 unspecified atom stereocenters. The number of carbonyl (C=O) groups excluding carboxylic acids is 1. The highest BCUT2D eigenvalue weighted by atomic mass is 35.5. The number of benzene rings is 1. The summed E-state index contributed by atoms with van der Waals surface area (Å²) in [6.07, 6.45) is 0.467. The summed E-state index contributed by atoms with van der Waals surface area (Å²) in [6, 6.07) is 7.73. The Morgan fingerprint density at radius 3 is 2.53 bits per heavy atom. The zero-order chi connectivity index (χ0) is 13.6. The van der Waals surface area contributed by atoms with Gasteiger partial charge in [-0.05, 0) is 27.0 Å². The van der Waals surface area contributed by atoms with Gasteiger partial charge >= 0.3 is 0 Å². The van der Waals surface area contributed by atoms with E-state index in [1.54, 1.807) is 7.11 Å². The molecule has 0 radical (unpaired) electrons. The largest absolute Gasteiger partial charge is 0.496 e. The quantitative estimate of drug-likeness (QED) is 0.842. The van der Waals surface area contributed by atoms with Crippen molar-refractivity contribution in [3.63, 3.8) is 0 Å². The lowest BCUT2D eigenvalue weighted by Crippen LogP contribution is -2.42. The molecule has 0 spiro atoms. The zero-order valence-corrected chi connectivity index (χ0v) is 12.8. The van der Waals surface area contributed by atoms with Gasteiger partial charge in [-0.3, -0.25) is 4.79 Å². The van der Waals surface area contributed by atoms with Gasteiger partial charge in [-0.1, -0.05) is 18.2 Å². The van der Waals surface area contributed by atoms with Crippen molar-refractivity contribution in [1.82, 2.24) is 10.6 Å². The number of methoxy groups -OCH3 is 1. The monoisotopic (exact) mass is 286 g/mol. The summed E-state index contributed by atoms with van der Waals surface area (Å²) in [5.41, 5.74) is 0.530. The molecule has 1 amide bonds. The zero-order valence-electron chi connectivity index (χ0n) is 11.9. The number of nitrogens with one attached hydrogen (secondary N) is 2. The first kappa shape index (κ1) is 17.7. The Balaban J connectivity index is 0.00000324. The van der Waals surface area contributed by atoms with E-state index in [1.165, 1.54) is 0 Å². The maximum atomic E-state index is 11.8. The maximum absolute atomic E-state index is 11.8. The lowest BCUT2D eigenvalue weighted by Gasteiger charge is -2.28. The molecule has 0 aliphatic carbocycles. The normalized spacial score (nSPS) is 10.5. The highest BCUT2D eigenvalue weighted by molar-refractivity contribution is 5.85. The van der Waals surface area contributed by atoms with Gasteiger partial charge in [0.15, 0.2) is 0 Å². The molecular weight excluding hydrogens is 264 g/mol. The van der Waals surface area contributed by atoms with Gasteiger partial charge in [-0.15, -0.1) is 12.4 Å². The molecule has 0 aliphatic heterocycles. The average Bonchev–Trinajstić information content (AvgIpc) is 2.35. The number of hydrogen-bond donors (Lipinski definition) is 2. The molecule has 2 N–H and O–H groups in total. The van der Waals surface area contributed by atoms with Crippen LogP contribution in [-0.2, 0) is 10.3 Å². The highest BCUT2D eigenvalue weighted by Gasteiger charge is 2.25. The van der Waals surface area contributed by atoms with Gasteiger partial charge in [0.25, 0.3) is 0 Å². The molecule has 0 saturated heterocycles. The molecule has 0 saturated carbocycles. The number of para-hydroxylation sites is 1. The predicted octanol–water partition coefficient (Wildman–Crippen LogP) is 2.08. The van der Waals surface area contributed by atoms with Crippen LogP contribution < -0.4 is 15.4 Å². The van der Waals surface area contributed by atoms with Crippen molar-refractivity contribution in [2.45, 2.75) is 25.8 Å². The van der Waals surface area contributed by atoms with Gasteiger partial charge in [0, 0.05) is 18.5 Å². The van der Waals surface area contributed by atoms with Gasteiger partial charge < -0.3 is 15.4 Å². The van der Waals surface area contributed by atoms with E-state index in [0.29, 0.717) is 13.0 Å². The number of carbonyl (C=O) groups is 1. The minimum Gasteiger partial charge on any atom is -0.496 e. The number of rotatable bonds is 6. The number of halogens is 1. The lowest BCUT2D eigenvalue weighted by molar-refractivity contribution is -0.122. The maximum Gasteiger partial charge on any atom is 0.221 e. The smallest absolute Gasteiger partial charge is 0.221 e. The molecule has 5 heteroatoms. The highest BCUT2D eigenvalue weighted by Crippen LogP contribution is 2.29. The third kappa shape index (κ3) is 5.09. The van der Waals surface area contributed by atoms with Gasteiger partial charge in [-0.25, -0.2) is 0 Å². The molecule has 4 nitrogen and oxygen atoms in total. The molecule has 1 aromatic rings. The second-order valence-corrected chi connectivity index (χ2v) is 4.73. The molecular formula is C14H23ClN2O2. The molecule has 0 atom stereocenters. The molecule has 0 fully saturated rings. The second-order valence-electron chi connectivity index (χ2n) is 4.73. The van der Waals surface area contributed by atoms with Gasteiger partial charge in [-0.2, -0.15) is 0 Å². The van der Waals surface area contributed by atoms with Crippen LogP contribution in [0.15, 0.2) is 24.3 Å². The molecule has 0 bridgehead atoms. The van der Waals surface area contributed by atoms with E-state index in [9.17, 15) is 4.79 Å². The molecule has 0 aromatic heterocycles. The molecule has 19 heavy (non-hydrogen) atoms. The van der Waals surface area contributed by atoms with Crippen LogP contribution in [0.5, 0.6) is 5.75 Å². The lowest BCUT2D eigenvalue weighted by atomic mass is 9.93. The summed E-state index contributed by atoms with van der Waals surface area (Å²) in [7, 11) is 3.47. The number of ether oxygens (including phenoxy) is 1. The van der Waals surface area contributed by atoms with Crippen LogP contribution in [0.1, 0.15) is 25.8 Å². The van der Waals surface area contributed by atoms with Crippen LogP contribution >= 0.6 is 12.4 Å². The molecule has 0 aliphatic rings. The molecule has 1 rings (SSSR count). The van der Waals surface area contributed by atoms with Crippen molar-refractivity contribution < 1.29 is 9.53 Å². The summed E-state index contributed by atoms with van der Waals surface area (Å²) in [6.45, 7) is 4.62. The van der Waals surface area contributed by atoms with Crippen molar-refractivity contribution in [1.29, 1.82) is 0 Å². The van der Waals surface area contributed by atoms with E-state index in [4.69, 9.17) is 4.74 Å². The Bertz CT molecular complexity index is 408. The van der Waals surface area contributed by atoms with Crippen molar-refractivity contribution in [2.75, 3.05) is 20.7 Å². The van der Waals surface area contributed by atoms with Gasteiger partial charge in [0.2, 0.25) is 5.91 Å². The number of amides is 1. The SMILES string of the molecule is CNCCC(=O)NC(C)(C)c1ccccc1OC.Cl. The Morgan fingerprint density at radius 1 is 1.32 bits per heavy atom. The Labute approximate surface area is 121 Å². The fraction of sp³-hybridized carbons (Fsp3) is 0.500. The molecule has 108 valence electrons. The fourth-order valence-corrected chi connectivity index (χ4v) is 1.88. The van der Waals surface area contributed by atoms with Crippen molar-refractivity contribution in [3.05, 3.63) is 29.8 Å². The topological polar surface area (TPSA) is 50.4 Å². The Hall–Kier alpha value is -1.26. The summed E-state index contributed by atoms with van der Waals surface area (Å²) in [5, 5.41) is 5.98. The average molecular weight is 287 g/mol. The Morgan fingerprint density at radius 2 is 1.95 bits per heavy atom. The first-order valence-corrected chi connectivity index (χ1v) is 6.10. The molecule has 0 heterocycles. The minimum atomic E-state index is -0.447. The predicted molar refractivity (Wildman–Crippen MR) is 80.0 cm³/mol. The third-order valence-electron chi connectivity index (χ3n) is 2.83. The number of hydrogen-bond acceptors (Lipinski definition) is 3. The van der Waals surface area contributed by atoms with E-state index in [2.05, 4.69) is 10.6 Å². The van der Waals surface area contributed by atoms with Crippen LogP contribution in [0.25, 0.3) is 0 Å².